The standard InChI is InChI=1S/C26H24N4O5S/c1-16(31)22-23(17-8-4-2-5-9-17)35-24(28)20(15-27)26(22)19-14-18(10-11-21(19)29-25(26)32)36(33,34)30-12-6-3-7-13-30/h2,4-5,8-11,14H,3,6-7,12-13,28H2,1H3,(H,29,32). The quantitative estimate of drug-likeness (QED) is 0.652. The average molecular weight is 505 g/mol. The van der Waals surface area contributed by atoms with Gasteiger partial charge < -0.3 is 15.8 Å². The maximum Gasteiger partial charge on any atom is 0.245 e. The van der Waals surface area contributed by atoms with Crippen molar-refractivity contribution < 1.29 is 22.7 Å². The molecule has 3 N–H and O–H groups in total. The van der Waals surface area contributed by atoms with E-state index < -0.39 is 27.1 Å². The molecule has 1 amide bonds. The Morgan fingerprint density at radius 3 is 2.47 bits per heavy atom. The number of sulfonamides is 1. The summed E-state index contributed by atoms with van der Waals surface area (Å²) in [5, 5.41) is 12.8. The maximum atomic E-state index is 13.7. The van der Waals surface area contributed by atoms with Gasteiger partial charge in [0, 0.05) is 29.9 Å². The number of ketones is 1. The molecule has 0 aliphatic carbocycles. The number of benzene rings is 2. The van der Waals surface area contributed by atoms with Crippen molar-refractivity contribution in [2.75, 3.05) is 18.4 Å². The molecule has 0 bridgehead atoms. The predicted molar refractivity (Wildman–Crippen MR) is 131 cm³/mol. The van der Waals surface area contributed by atoms with E-state index in [1.165, 1.54) is 29.4 Å². The van der Waals surface area contributed by atoms with Gasteiger partial charge in [0.05, 0.1) is 10.5 Å². The number of nitrogens with two attached hydrogens (primary N) is 1. The number of amides is 1. The van der Waals surface area contributed by atoms with E-state index in [9.17, 15) is 23.3 Å². The Bertz CT molecular complexity index is 1500. The van der Waals surface area contributed by atoms with Crippen LogP contribution in [0.25, 0.3) is 5.76 Å². The molecule has 0 radical (unpaired) electrons. The minimum Gasteiger partial charge on any atom is -0.439 e. The topological polar surface area (TPSA) is 143 Å². The van der Waals surface area contributed by atoms with Crippen LogP contribution in [0.1, 0.15) is 37.3 Å². The molecule has 3 aliphatic rings. The number of fused-ring (bicyclic) bond motifs is 2. The molecule has 1 saturated heterocycles. The highest BCUT2D eigenvalue weighted by Crippen LogP contribution is 2.53. The zero-order valence-corrected chi connectivity index (χ0v) is 20.4. The van der Waals surface area contributed by atoms with Gasteiger partial charge in [-0.15, -0.1) is 0 Å². The number of carbonyl (C=O) groups is 2. The minimum atomic E-state index is -3.87. The highest BCUT2D eigenvalue weighted by Gasteiger charge is 2.59. The fraction of sp³-hybridized carbons (Fsp3) is 0.269. The van der Waals surface area contributed by atoms with Crippen LogP contribution in [0.5, 0.6) is 0 Å². The van der Waals surface area contributed by atoms with Gasteiger partial charge in [0.1, 0.15) is 22.8 Å². The summed E-state index contributed by atoms with van der Waals surface area (Å²) in [5.74, 6) is -1.46. The monoisotopic (exact) mass is 504 g/mol. The molecule has 3 heterocycles. The molecule has 5 rings (SSSR count). The van der Waals surface area contributed by atoms with Crippen LogP contribution >= 0.6 is 0 Å². The van der Waals surface area contributed by atoms with Crippen molar-refractivity contribution in [1.82, 2.24) is 4.31 Å². The molecule has 1 fully saturated rings. The molecule has 0 aromatic heterocycles. The van der Waals surface area contributed by atoms with Crippen LogP contribution in [-0.2, 0) is 29.8 Å². The molecule has 1 atom stereocenters. The number of nitriles is 1. The Kier molecular flexibility index (Phi) is 5.70. The third-order valence-corrected chi connectivity index (χ3v) is 8.77. The van der Waals surface area contributed by atoms with E-state index in [1.807, 2.05) is 6.07 Å². The summed E-state index contributed by atoms with van der Waals surface area (Å²) in [4.78, 5) is 26.9. The van der Waals surface area contributed by atoms with E-state index in [1.54, 1.807) is 30.3 Å². The summed E-state index contributed by atoms with van der Waals surface area (Å²) >= 11 is 0. The molecule has 36 heavy (non-hydrogen) atoms. The van der Waals surface area contributed by atoms with E-state index in [0.29, 0.717) is 24.3 Å². The number of anilines is 1. The summed E-state index contributed by atoms with van der Waals surface area (Å²) in [5.41, 5.74) is 4.82. The van der Waals surface area contributed by atoms with E-state index in [4.69, 9.17) is 10.5 Å². The molecular formula is C26H24N4O5S. The lowest BCUT2D eigenvalue weighted by atomic mass is 9.66. The minimum absolute atomic E-state index is 0.0226. The molecule has 1 spiro atoms. The average Bonchev–Trinajstić information content (AvgIpc) is 3.16. The third kappa shape index (κ3) is 3.35. The molecular weight excluding hydrogens is 480 g/mol. The Labute approximate surface area is 208 Å². The maximum absolute atomic E-state index is 13.7. The first-order chi connectivity index (χ1) is 17.2. The van der Waals surface area contributed by atoms with Gasteiger partial charge in [0.25, 0.3) is 0 Å². The summed E-state index contributed by atoms with van der Waals surface area (Å²) < 4.78 is 34.1. The van der Waals surface area contributed by atoms with E-state index in [2.05, 4.69) is 5.32 Å². The number of rotatable bonds is 4. The second-order valence-corrected chi connectivity index (χ2v) is 10.9. The van der Waals surface area contributed by atoms with Crippen molar-refractivity contribution in [2.24, 2.45) is 5.73 Å². The number of nitrogens with zero attached hydrogens (tertiary/aromatic N) is 2. The Balaban J connectivity index is 1.81. The lowest BCUT2D eigenvalue weighted by Gasteiger charge is -2.35. The van der Waals surface area contributed by atoms with Crippen molar-refractivity contribution >= 4 is 33.2 Å². The Morgan fingerprint density at radius 2 is 1.83 bits per heavy atom. The number of carbonyl (C=O) groups excluding carboxylic acids is 2. The van der Waals surface area contributed by atoms with E-state index in [-0.39, 0.29) is 33.2 Å². The van der Waals surface area contributed by atoms with Crippen molar-refractivity contribution in [3.05, 3.63) is 76.7 Å². The SMILES string of the molecule is CC(=O)C1=C(c2ccccc2)OC(N)=C(C#N)C12C(=O)Nc1ccc(S(=O)(=O)N3CCCCC3)cc12. The normalized spacial score (nSPS) is 22.2. The van der Waals surface area contributed by atoms with Gasteiger partial charge in [-0.3, -0.25) is 9.59 Å². The van der Waals surface area contributed by atoms with Crippen LogP contribution < -0.4 is 11.1 Å². The molecule has 0 saturated carbocycles. The van der Waals surface area contributed by atoms with E-state index >= 15 is 0 Å². The van der Waals surface area contributed by atoms with Crippen LogP contribution in [0.3, 0.4) is 0 Å². The fourth-order valence-electron chi connectivity index (χ4n) is 5.24. The molecule has 9 nitrogen and oxygen atoms in total. The summed E-state index contributed by atoms with van der Waals surface area (Å²) in [6, 6.07) is 14.9. The largest absolute Gasteiger partial charge is 0.439 e. The van der Waals surface area contributed by atoms with Crippen molar-refractivity contribution in [3.8, 4) is 6.07 Å². The molecule has 184 valence electrons. The van der Waals surface area contributed by atoms with Crippen LogP contribution in [0.4, 0.5) is 5.69 Å². The first kappa shape index (κ1) is 23.8. The van der Waals surface area contributed by atoms with Crippen molar-refractivity contribution in [2.45, 2.75) is 36.5 Å². The number of piperidine rings is 1. The van der Waals surface area contributed by atoms with Gasteiger partial charge in [0.2, 0.25) is 21.8 Å². The number of ether oxygens (including phenoxy) is 1. The van der Waals surface area contributed by atoms with E-state index in [0.717, 1.165) is 19.3 Å². The molecule has 1 unspecified atom stereocenters. The summed E-state index contributed by atoms with van der Waals surface area (Å²) in [7, 11) is -3.87. The van der Waals surface area contributed by atoms with Crippen LogP contribution in [0, 0.1) is 11.3 Å². The molecule has 10 heteroatoms. The van der Waals surface area contributed by atoms with Gasteiger partial charge in [0.15, 0.2) is 5.78 Å². The second-order valence-electron chi connectivity index (χ2n) is 8.96. The van der Waals surface area contributed by atoms with Gasteiger partial charge in [-0.25, -0.2) is 8.42 Å². The Hall–Kier alpha value is -3.94. The van der Waals surface area contributed by atoms with Crippen molar-refractivity contribution in [1.29, 1.82) is 5.26 Å². The zero-order valence-electron chi connectivity index (χ0n) is 19.6. The first-order valence-electron chi connectivity index (χ1n) is 11.6. The lowest BCUT2D eigenvalue weighted by Crippen LogP contribution is -2.45. The summed E-state index contributed by atoms with van der Waals surface area (Å²) in [6.07, 6.45) is 2.49. The highest BCUT2D eigenvalue weighted by atomic mass is 32.2. The van der Waals surface area contributed by atoms with Crippen LogP contribution in [0.2, 0.25) is 0 Å². The number of Topliss-reactive ketones (excluding diaryl/α,β-unsaturated/α-hetero) is 1. The summed E-state index contributed by atoms with van der Waals surface area (Å²) in [6.45, 7) is 2.09. The van der Waals surface area contributed by atoms with Gasteiger partial charge >= 0.3 is 0 Å². The number of hydrogen-bond donors (Lipinski definition) is 2. The number of hydrogen-bond acceptors (Lipinski definition) is 7. The Morgan fingerprint density at radius 1 is 1.14 bits per heavy atom. The van der Waals surface area contributed by atoms with Crippen LogP contribution in [0.15, 0.2) is 70.5 Å². The lowest BCUT2D eigenvalue weighted by molar-refractivity contribution is -0.121. The predicted octanol–water partition coefficient (Wildman–Crippen LogP) is 2.78. The van der Waals surface area contributed by atoms with Gasteiger partial charge in [-0.05, 0) is 38.0 Å². The van der Waals surface area contributed by atoms with Crippen molar-refractivity contribution in [3.63, 3.8) is 0 Å². The second kappa shape index (κ2) is 8.62. The molecule has 2 aromatic carbocycles. The highest BCUT2D eigenvalue weighted by molar-refractivity contribution is 7.89. The number of nitrogens with one attached hydrogen (secondary N) is 1. The van der Waals surface area contributed by atoms with Gasteiger partial charge in [-0.1, -0.05) is 36.8 Å². The first-order valence-corrected chi connectivity index (χ1v) is 13.0. The molecule has 3 aliphatic heterocycles. The van der Waals surface area contributed by atoms with Gasteiger partial charge in [-0.2, -0.15) is 9.57 Å². The molecule has 2 aromatic rings. The zero-order chi connectivity index (χ0) is 25.7. The smallest absolute Gasteiger partial charge is 0.245 e. The van der Waals surface area contributed by atoms with Crippen LogP contribution in [-0.4, -0.2) is 37.5 Å². The fourth-order valence-corrected chi connectivity index (χ4v) is 6.78. The third-order valence-electron chi connectivity index (χ3n) is 6.87.